The fourth-order valence-corrected chi connectivity index (χ4v) is 3.94. The monoisotopic (exact) mass is 357 g/mol. The molecule has 1 fully saturated rings. The number of nitrogens with one attached hydrogen (secondary N) is 1. The summed E-state index contributed by atoms with van der Waals surface area (Å²) in [7, 11) is 0. The topological polar surface area (TPSA) is 66.8 Å². The minimum absolute atomic E-state index is 0.191. The van der Waals surface area contributed by atoms with Gasteiger partial charge < -0.3 is 9.88 Å². The van der Waals surface area contributed by atoms with Gasteiger partial charge in [-0.2, -0.15) is 9.78 Å². The molecule has 1 aliphatic rings. The molecule has 0 saturated carbocycles. The Hall–Kier alpha value is -2.34. The lowest BCUT2D eigenvalue weighted by Crippen LogP contribution is -2.40. The van der Waals surface area contributed by atoms with Gasteiger partial charge in [0.2, 0.25) is 5.95 Å². The average molecular weight is 358 g/mol. The maximum absolute atomic E-state index is 12.8. The molecule has 1 aromatic carbocycles. The molecule has 7 heteroatoms. The molecule has 4 rings (SSSR count). The molecule has 3 aromatic rings. The number of H-pyrrole nitrogens is 1. The predicted octanol–water partition coefficient (Wildman–Crippen LogP) is 3.24. The first-order valence-electron chi connectivity index (χ1n) is 8.51. The molecule has 6 nitrogen and oxygen atoms in total. The summed E-state index contributed by atoms with van der Waals surface area (Å²) in [5, 5.41) is 4.51. The summed E-state index contributed by atoms with van der Waals surface area (Å²) < 4.78 is 1.22. The number of para-hydroxylation sites is 2. The van der Waals surface area contributed by atoms with Crippen LogP contribution in [0.5, 0.6) is 0 Å². The highest BCUT2D eigenvalue weighted by Crippen LogP contribution is 2.29. The largest absolute Gasteiger partial charge is 0.368 e. The quantitative estimate of drug-likeness (QED) is 0.764. The van der Waals surface area contributed by atoms with Crippen molar-refractivity contribution < 1.29 is 0 Å². The number of hydrogen-bond donors (Lipinski definition) is 1. The second-order valence-electron chi connectivity index (χ2n) is 6.99. The Morgan fingerprint density at radius 2 is 1.92 bits per heavy atom. The van der Waals surface area contributed by atoms with Crippen molar-refractivity contribution >= 4 is 28.3 Å². The first kappa shape index (κ1) is 16.1. The van der Waals surface area contributed by atoms with E-state index in [0.717, 1.165) is 24.1 Å². The van der Waals surface area contributed by atoms with Gasteiger partial charge >= 0.3 is 0 Å². The van der Waals surface area contributed by atoms with E-state index in [1.54, 1.807) is 6.20 Å². The van der Waals surface area contributed by atoms with Gasteiger partial charge in [0.25, 0.3) is 5.56 Å². The number of benzene rings is 1. The number of halogens is 1. The number of piperidine rings is 1. The van der Waals surface area contributed by atoms with Crippen LogP contribution in [0.4, 0.5) is 5.69 Å². The van der Waals surface area contributed by atoms with E-state index in [2.05, 4.69) is 33.8 Å². The van der Waals surface area contributed by atoms with E-state index in [1.165, 1.54) is 11.1 Å². The Kier molecular flexibility index (Phi) is 4.00. The molecule has 0 spiro atoms. The molecule has 1 saturated heterocycles. The van der Waals surface area contributed by atoms with E-state index in [0.29, 0.717) is 23.5 Å². The Morgan fingerprint density at radius 1 is 1.20 bits per heavy atom. The first-order valence-corrected chi connectivity index (χ1v) is 8.88. The lowest BCUT2D eigenvalue weighted by Gasteiger charge is -2.36. The summed E-state index contributed by atoms with van der Waals surface area (Å²) in [6.45, 7) is 6.22. The van der Waals surface area contributed by atoms with Crippen LogP contribution >= 0.6 is 11.6 Å². The zero-order valence-electron chi connectivity index (χ0n) is 14.2. The maximum atomic E-state index is 12.8. The standard InChI is InChI=1S/C18H20ClN5O/c1-11-7-12(2)10-23(9-11)15-8-20-24(17(25)16(15)19)18-21-13-5-3-4-6-14(13)22-18/h3-6,8,11-12H,7,9-10H2,1-2H3,(H,21,22). The van der Waals surface area contributed by atoms with Crippen LogP contribution in [-0.4, -0.2) is 32.8 Å². The molecule has 0 bridgehead atoms. The van der Waals surface area contributed by atoms with Crippen molar-refractivity contribution in [1.29, 1.82) is 0 Å². The molecule has 1 aliphatic heterocycles. The molecule has 130 valence electrons. The van der Waals surface area contributed by atoms with Crippen molar-refractivity contribution in [1.82, 2.24) is 19.7 Å². The van der Waals surface area contributed by atoms with Crippen LogP contribution in [0.2, 0.25) is 5.02 Å². The zero-order valence-corrected chi connectivity index (χ0v) is 15.0. The third-order valence-corrected chi connectivity index (χ3v) is 5.04. The van der Waals surface area contributed by atoms with Gasteiger partial charge in [0.05, 0.1) is 22.9 Å². The Morgan fingerprint density at radius 3 is 2.64 bits per heavy atom. The van der Waals surface area contributed by atoms with E-state index < -0.39 is 0 Å². The van der Waals surface area contributed by atoms with Gasteiger partial charge in [-0.3, -0.25) is 4.79 Å². The minimum atomic E-state index is -0.357. The average Bonchev–Trinajstić information content (AvgIpc) is 3.00. The smallest absolute Gasteiger partial charge is 0.295 e. The number of hydrogen-bond acceptors (Lipinski definition) is 4. The zero-order chi connectivity index (χ0) is 17.6. The summed E-state index contributed by atoms with van der Waals surface area (Å²) in [6.07, 6.45) is 2.86. The van der Waals surface area contributed by atoms with Crippen LogP contribution in [0.3, 0.4) is 0 Å². The Labute approximate surface area is 150 Å². The first-order chi connectivity index (χ1) is 12.0. The molecule has 0 amide bonds. The van der Waals surface area contributed by atoms with Crippen molar-refractivity contribution in [2.24, 2.45) is 11.8 Å². The number of aromatic amines is 1. The lowest BCUT2D eigenvalue weighted by molar-refractivity contribution is 0.356. The summed E-state index contributed by atoms with van der Waals surface area (Å²) in [4.78, 5) is 22.5. The van der Waals surface area contributed by atoms with Gasteiger partial charge in [-0.1, -0.05) is 37.6 Å². The Bertz CT molecular complexity index is 936. The van der Waals surface area contributed by atoms with Crippen LogP contribution in [0.15, 0.2) is 35.3 Å². The summed E-state index contributed by atoms with van der Waals surface area (Å²) >= 11 is 6.42. The predicted molar refractivity (Wildman–Crippen MR) is 99.7 cm³/mol. The molecule has 2 unspecified atom stereocenters. The van der Waals surface area contributed by atoms with Gasteiger partial charge in [-0.05, 0) is 30.4 Å². The van der Waals surface area contributed by atoms with Gasteiger partial charge in [0.15, 0.2) is 0 Å². The number of imidazole rings is 1. The van der Waals surface area contributed by atoms with Crippen molar-refractivity contribution in [2.45, 2.75) is 20.3 Å². The van der Waals surface area contributed by atoms with Crippen molar-refractivity contribution in [3.05, 3.63) is 45.8 Å². The number of nitrogens with zero attached hydrogens (tertiary/aromatic N) is 4. The minimum Gasteiger partial charge on any atom is -0.368 e. The fourth-order valence-electron chi connectivity index (χ4n) is 3.69. The van der Waals surface area contributed by atoms with Crippen molar-refractivity contribution in [2.75, 3.05) is 18.0 Å². The van der Waals surface area contributed by atoms with E-state index >= 15 is 0 Å². The summed E-state index contributed by atoms with van der Waals surface area (Å²) in [6, 6.07) is 7.60. The Balaban J connectivity index is 1.74. The molecule has 2 atom stereocenters. The molecule has 25 heavy (non-hydrogen) atoms. The molecular formula is C18H20ClN5O. The second kappa shape index (κ2) is 6.19. The highest BCUT2D eigenvalue weighted by molar-refractivity contribution is 6.33. The van der Waals surface area contributed by atoms with Crippen LogP contribution in [0.1, 0.15) is 20.3 Å². The molecule has 3 heterocycles. The highest BCUT2D eigenvalue weighted by Gasteiger charge is 2.25. The van der Waals surface area contributed by atoms with E-state index in [9.17, 15) is 4.79 Å². The van der Waals surface area contributed by atoms with Crippen molar-refractivity contribution in [3.63, 3.8) is 0 Å². The van der Waals surface area contributed by atoms with Gasteiger partial charge in [-0.15, -0.1) is 0 Å². The lowest BCUT2D eigenvalue weighted by atomic mass is 9.92. The number of rotatable bonds is 2. The summed E-state index contributed by atoms with van der Waals surface area (Å²) in [5.41, 5.74) is 1.98. The van der Waals surface area contributed by atoms with Crippen LogP contribution in [-0.2, 0) is 0 Å². The van der Waals surface area contributed by atoms with E-state index in [-0.39, 0.29) is 10.6 Å². The van der Waals surface area contributed by atoms with Gasteiger partial charge in [-0.25, -0.2) is 4.98 Å². The molecule has 1 N–H and O–H groups in total. The van der Waals surface area contributed by atoms with E-state index in [4.69, 9.17) is 11.6 Å². The number of aromatic nitrogens is 4. The van der Waals surface area contributed by atoms with Gasteiger partial charge in [0, 0.05) is 13.1 Å². The third-order valence-electron chi connectivity index (χ3n) is 4.69. The fraction of sp³-hybridized carbons (Fsp3) is 0.389. The van der Waals surface area contributed by atoms with E-state index in [1.807, 2.05) is 24.3 Å². The normalized spacial score (nSPS) is 21.0. The molecular weight excluding hydrogens is 338 g/mol. The van der Waals surface area contributed by atoms with Crippen LogP contribution in [0.25, 0.3) is 17.0 Å². The second-order valence-corrected chi connectivity index (χ2v) is 7.37. The molecule has 2 aromatic heterocycles. The SMILES string of the molecule is CC1CC(C)CN(c2cnn(-c3nc4ccccc4[nH]3)c(=O)c2Cl)C1. The maximum Gasteiger partial charge on any atom is 0.295 e. The third kappa shape index (κ3) is 2.91. The number of fused-ring (bicyclic) bond motifs is 1. The number of anilines is 1. The summed E-state index contributed by atoms with van der Waals surface area (Å²) in [5.74, 6) is 1.51. The van der Waals surface area contributed by atoms with Crippen LogP contribution in [0, 0.1) is 11.8 Å². The highest BCUT2D eigenvalue weighted by atomic mass is 35.5. The molecule has 0 radical (unpaired) electrons. The van der Waals surface area contributed by atoms with Gasteiger partial charge in [0.1, 0.15) is 5.02 Å². The molecule has 0 aliphatic carbocycles. The van der Waals surface area contributed by atoms with Crippen molar-refractivity contribution in [3.8, 4) is 5.95 Å². The van der Waals surface area contributed by atoms with Crippen LogP contribution < -0.4 is 10.5 Å².